The summed E-state index contributed by atoms with van der Waals surface area (Å²) < 4.78 is 0. The molecule has 0 heterocycles. The number of amides is 2. The zero-order chi connectivity index (χ0) is 11.3. The Morgan fingerprint density at radius 3 is 2.40 bits per heavy atom. The molecule has 0 fully saturated rings. The minimum Gasteiger partial charge on any atom is -0.369 e. The van der Waals surface area contributed by atoms with Crippen molar-refractivity contribution in [1.29, 1.82) is 0 Å². The van der Waals surface area contributed by atoms with Gasteiger partial charge in [0.1, 0.15) is 0 Å². The average Bonchev–Trinajstić information content (AvgIpc) is 2.19. The number of guanidine groups is 1. The SMILES string of the molecule is CCN(C(N)=O)C(N)=Nc1ccccc1. The Balaban J connectivity index is 2.88. The van der Waals surface area contributed by atoms with Crippen molar-refractivity contribution >= 4 is 17.7 Å². The van der Waals surface area contributed by atoms with Gasteiger partial charge in [-0.1, -0.05) is 18.2 Å². The van der Waals surface area contributed by atoms with Gasteiger partial charge in [0.2, 0.25) is 5.96 Å². The third-order valence-corrected chi connectivity index (χ3v) is 1.86. The van der Waals surface area contributed by atoms with Crippen LogP contribution >= 0.6 is 0 Å². The number of urea groups is 1. The van der Waals surface area contributed by atoms with Crippen molar-refractivity contribution in [3.63, 3.8) is 0 Å². The van der Waals surface area contributed by atoms with Crippen molar-refractivity contribution in [3.05, 3.63) is 30.3 Å². The fourth-order valence-corrected chi connectivity index (χ4v) is 1.13. The summed E-state index contributed by atoms with van der Waals surface area (Å²) in [7, 11) is 0. The van der Waals surface area contributed by atoms with E-state index in [1.54, 1.807) is 19.1 Å². The predicted molar refractivity (Wildman–Crippen MR) is 59.7 cm³/mol. The van der Waals surface area contributed by atoms with E-state index in [1.165, 1.54) is 4.90 Å². The minimum atomic E-state index is -0.602. The van der Waals surface area contributed by atoms with E-state index in [0.717, 1.165) is 0 Å². The molecule has 2 amide bonds. The Bertz CT molecular complexity index is 361. The van der Waals surface area contributed by atoms with Gasteiger partial charge in [-0.3, -0.25) is 4.90 Å². The molecule has 5 nitrogen and oxygen atoms in total. The van der Waals surface area contributed by atoms with Crippen LogP contribution in [0, 0.1) is 0 Å². The molecule has 0 atom stereocenters. The highest BCUT2D eigenvalue weighted by Crippen LogP contribution is 2.09. The molecular weight excluding hydrogens is 192 g/mol. The number of carbonyl (C=O) groups excluding carboxylic acids is 1. The molecule has 5 heteroatoms. The Morgan fingerprint density at radius 1 is 1.33 bits per heavy atom. The van der Waals surface area contributed by atoms with Gasteiger partial charge in [-0.2, -0.15) is 0 Å². The maximum absolute atomic E-state index is 10.9. The summed E-state index contributed by atoms with van der Waals surface area (Å²) in [6, 6.07) is 8.54. The van der Waals surface area contributed by atoms with Gasteiger partial charge in [0.15, 0.2) is 0 Å². The van der Waals surface area contributed by atoms with Crippen LogP contribution in [0.1, 0.15) is 6.92 Å². The average molecular weight is 206 g/mol. The van der Waals surface area contributed by atoms with E-state index in [1.807, 2.05) is 18.2 Å². The van der Waals surface area contributed by atoms with Crippen molar-refractivity contribution in [2.75, 3.05) is 6.54 Å². The smallest absolute Gasteiger partial charge is 0.321 e. The Labute approximate surface area is 88.4 Å². The predicted octanol–water partition coefficient (Wildman–Crippen LogP) is 1.03. The number of aliphatic imine (C=N–C) groups is 1. The van der Waals surface area contributed by atoms with Crippen molar-refractivity contribution in [1.82, 2.24) is 4.90 Å². The van der Waals surface area contributed by atoms with Crippen LogP contribution < -0.4 is 11.5 Å². The summed E-state index contributed by atoms with van der Waals surface area (Å²) in [5, 5.41) is 0. The van der Waals surface area contributed by atoms with Crippen molar-refractivity contribution in [2.45, 2.75) is 6.92 Å². The zero-order valence-electron chi connectivity index (χ0n) is 8.55. The largest absolute Gasteiger partial charge is 0.369 e. The number of carbonyl (C=O) groups is 1. The molecule has 0 aliphatic heterocycles. The molecule has 0 saturated heterocycles. The molecule has 80 valence electrons. The molecule has 0 bridgehead atoms. The third-order valence-electron chi connectivity index (χ3n) is 1.86. The number of primary amides is 1. The summed E-state index contributed by atoms with van der Waals surface area (Å²) in [4.78, 5) is 16.2. The van der Waals surface area contributed by atoms with E-state index < -0.39 is 6.03 Å². The van der Waals surface area contributed by atoms with Gasteiger partial charge >= 0.3 is 6.03 Å². The van der Waals surface area contributed by atoms with Crippen LogP contribution in [0.3, 0.4) is 0 Å². The van der Waals surface area contributed by atoms with Gasteiger partial charge in [-0.15, -0.1) is 0 Å². The van der Waals surface area contributed by atoms with Gasteiger partial charge in [-0.25, -0.2) is 9.79 Å². The van der Waals surface area contributed by atoms with E-state index in [-0.39, 0.29) is 5.96 Å². The topological polar surface area (TPSA) is 84.7 Å². The molecule has 0 aromatic heterocycles. The van der Waals surface area contributed by atoms with Crippen molar-refractivity contribution < 1.29 is 4.79 Å². The van der Waals surface area contributed by atoms with E-state index in [9.17, 15) is 4.79 Å². The van der Waals surface area contributed by atoms with E-state index >= 15 is 0 Å². The lowest BCUT2D eigenvalue weighted by molar-refractivity contribution is 0.231. The highest BCUT2D eigenvalue weighted by atomic mass is 16.2. The van der Waals surface area contributed by atoms with Gasteiger partial charge in [0.05, 0.1) is 5.69 Å². The number of benzene rings is 1. The first-order valence-corrected chi connectivity index (χ1v) is 4.61. The fraction of sp³-hybridized carbons (Fsp3) is 0.200. The molecule has 1 aromatic rings. The molecule has 0 unspecified atom stereocenters. The van der Waals surface area contributed by atoms with E-state index in [2.05, 4.69) is 4.99 Å². The lowest BCUT2D eigenvalue weighted by Crippen LogP contribution is -2.44. The number of hydrogen-bond donors (Lipinski definition) is 2. The highest BCUT2D eigenvalue weighted by molar-refractivity contribution is 5.95. The first-order chi connectivity index (χ1) is 7.15. The summed E-state index contributed by atoms with van der Waals surface area (Å²) in [6.45, 7) is 2.18. The molecular formula is C10H14N4O. The third kappa shape index (κ3) is 2.98. The molecule has 1 aromatic carbocycles. The second-order valence-electron chi connectivity index (χ2n) is 2.89. The van der Waals surface area contributed by atoms with E-state index in [0.29, 0.717) is 12.2 Å². The fourth-order valence-electron chi connectivity index (χ4n) is 1.13. The Kier molecular flexibility index (Phi) is 3.68. The molecule has 0 spiro atoms. The number of nitrogens with zero attached hydrogens (tertiary/aromatic N) is 2. The van der Waals surface area contributed by atoms with Gasteiger partial charge in [-0.05, 0) is 19.1 Å². The van der Waals surface area contributed by atoms with Crippen LogP contribution in [-0.4, -0.2) is 23.4 Å². The second-order valence-corrected chi connectivity index (χ2v) is 2.89. The van der Waals surface area contributed by atoms with E-state index in [4.69, 9.17) is 11.5 Å². The van der Waals surface area contributed by atoms with Crippen LogP contribution in [-0.2, 0) is 0 Å². The molecule has 0 aliphatic carbocycles. The summed E-state index contributed by atoms with van der Waals surface area (Å²) >= 11 is 0. The van der Waals surface area contributed by atoms with Gasteiger partial charge < -0.3 is 11.5 Å². The molecule has 0 aliphatic rings. The van der Waals surface area contributed by atoms with Crippen LogP contribution in [0.15, 0.2) is 35.3 Å². The first-order valence-electron chi connectivity index (χ1n) is 4.61. The molecule has 15 heavy (non-hydrogen) atoms. The standard InChI is InChI=1S/C10H14N4O/c1-2-14(10(12)15)9(11)13-8-6-4-3-5-7-8/h3-7H,2H2,1H3,(H2,11,13)(H2,12,15). The van der Waals surface area contributed by atoms with Crippen molar-refractivity contribution in [3.8, 4) is 0 Å². The van der Waals surface area contributed by atoms with Crippen LogP contribution in [0.25, 0.3) is 0 Å². The van der Waals surface area contributed by atoms with Crippen LogP contribution in [0.2, 0.25) is 0 Å². The number of para-hydroxylation sites is 1. The maximum atomic E-state index is 10.9. The second kappa shape index (κ2) is 4.99. The van der Waals surface area contributed by atoms with Gasteiger partial charge in [0, 0.05) is 6.54 Å². The lowest BCUT2D eigenvalue weighted by atomic mass is 10.3. The minimum absolute atomic E-state index is 0.108. The highest BCUT2D eigenvalue weighted by Gasteiger charge is 2.10. The van der Waals surface area contributed by atoms with Crippen LogP contribution in [0.5, 0.6) is 0 Å². The molecule has 0 saturated carbocycles. The molecule has 0 radical (unpaired) electrons. The molecule has 1 rings (SSSR count). The quantitative estimate of drug-likeness (QED) is 0.559. The number of rotatable bonds is 2. The number of nitrogens with two attached hydrogens (primary N) is 2. The zero-order valence-corrected chi connectivity index (χ0v) is 8.55. The van der Waals surface area contributed by atoms with Gasteiger partial charge in [0.25, 0.3) is 0 Å². The van der Waals surface area contributed by atoms with Crippen LogP contribution in [0.4, 0.5) is 10.5 Å². The Hall–Kier alpha value is -2.04. The summed E-state index contributed by atoms with van der Waals surface area (Å²) in [6.07, 6.45) is 0. The monoisotopic (exact) mass is 206 g/mol. The lowest BCUT2D eigenvalue weighted by Gasteiger charge is -2.16. The molecule has 4 N–H and O–H groups in total. The summed E-state index contributed by atoms with van der Waals surface area (Å²) in [5.74, 6) is 0.108. The maximum Gasteiger partial charge on any atom is 0.321 e. The van der Waals surface area contributed by atoms with Crippen molar-refractivity contribution in [2.24, 2.45) is 16.5 Å². The normalized spacial score (nSPS) is 11.1. The number of hydrogen-bond acceptors (Lipinski definition) is 2. The summed E-state index contributed by atoms with van der Waals surface area (Å²) in [5.41, 5.74) is 11.5. The first kappa shape index (κ1) is 11.0. The Morgan fingerprint density at radius 2 is 1.93 bits per heavy atom.